The molecule has 0 spiro atoms. The Morgan fingerprint density at radius 2 is 1.91 bits per heavy atom. The third-order valence-corrected chi connectivity index (χ3v) is 6.01. The summed E-state index contributed by atoms with van der Waals surface area (Å²) in [5.41, 5.74) is 1.15. The maximum Gasteiger partial charge on any atom is 0.229 e. The summed E-state index contributed by atoms with van der Waals surface area (Å²) in [5, 5.41) is 4.25. The minimum atomic E-state index is 0.155. The van der Waals surface area contributed by atoms with Gasteiger partial charge in [0.25, 0.3) is 0 Å². The fraction of sp³-hybridized carbons (Fsp3) is 0.786. The lowest BCUT2D eigenvalue weighted by molar-refractivity contribution is -0.0163. The van der Waals surface area contributed by atoms with Crippen molar-refractivity contribution in [1.29, 1.82) is 0 Å². The van der Waals surface area contributed by atoms with Gasteiger partial charge in [-0.25, -0.2) is 0 Å². The molecule has 0 radical (unpaired) electrons. The highest BCUT2D eigenvalue weighted by Crippen LogP contribution is 2.24. The Morgan fingerprint density at radius 3 is 2.48 bits per heavy atom. The van der Waals surface area contributed by atoms with Gasteiger partial charge in [0.1, 0.15) is 6.10 Å². The maximum absolute atomic E-state index is 6.23. The standard InChI is InChI=1S/C18H34N2O2.C8H13N.C2H6/c1-4-9-16(12-15(3)5-2)18-19-21-14-17(22-18)13-20-10-7-6-8-11-20;1-4-6-7-9-8(3)5-2;1-2/h15-17H,4-14H2,1-3H3;4,6-7H,1,5H2,2-3H3;1-2H3/b;7-6-,9-8?;. The quantitative estimate of drug-likeness (QED) is 0.234. The predicted octanol–water partition coefficient (Wildman–Crippen LogP) is 7.64. The summed E-state index contributed by atoms with van der Waals surface area (Å²) in [6, 6.07) is 0. The Bertz CT molecular complexity index is 565. The summed E-state index contributed by atoms with van der Waals surface area (Å²) in [4.78, 5) is 12.1. The molecule has 192 valence electrons. The lowest BCUT2D eigenvalue weighted by Gasteiger charge is -2.33. The molecule has 3 unspecified atom stereocenters. The van der Waals surface area contributed by atoms with Crippen LogP contribution in [0.4, 0.5) is 0 Å². The Morgan fingerprint density at radius 1 is 1.21 bits per heavy atom. The smallest absolute Gasteiger partial charge is 0.229 e. The molecule has 3 atom stereocenters. The number of ether oxygens (including phenoxy) is 1. The Kier molecular flexibility index (Phi) is 19.9. The zero-order chi connectivity index (χ0) is 24.9. The third-order valence-electron chi connectivity index (χ3n) is 6.01. The van der Waals surface area contributed by atoms with Crippen LogP contribution in [0.2, 0.25) is 0 Å². The van der Waals surface area contributed by atoms with Gasteiger partial charge >= 0.3 is 0 Å². The van der Waals surface area contributed by atoms with Gasteiger partial charge in [0.05, 0.1) is 0 Å². The predicted molar refractivity (Wildman–Crippen MR) is 145 cm³/mol. The molecule has 0 aromatic carbocycles. The molecule has 1 saturated heterocycles. The van der Waals surface area contributed by atoms with Crippen molar-refractivity contribution in [2.24, 2.45) is 22.0 Å². The second kappa shape index (κ2) is 20.9. The molecule has 0 bridgehead atoms. The van der Waals surface area contributed by atoms with Crippen LogP contribution in [-0.2, 0) is 9.57 Å². The number of allylic oxidation sites excluding steroid dienone is 2. The van der Waals surface area contributed by atoms with E-state index in [-0.39, 0.29) is 6.10 Å². The van der Waals surface area contributed by atoms with Crippen molar-refractivity contribution in [2.45, 2.75) is 106 Å². The van der Waals surface area contributed by atoms with E-state index in [4.69, 9.17) is 9.57 Å². The zero-order valence-electron chi connectivity index (χ0n) is 22.8. The van der Waals surface area contributed by atoms with Crippen LogP contribution < -0.4 is 0 Å². The molecule has 5 nitrogen and oxygen atoms in total. The van der Waals surface area contributed by atoms with Crippen LogP contribution in [0, 0.1) is 11.8 Å². The van der Waals surface area contributed by atoms with Gasteiger partial charge in [-0.3, -0.25) is 9.89 Å². The average Bonchev–Trinajstić information content (AvgIpc) is 2.86. The summed E-state index contributed by atoms with van der Waals surface area (Å²) in [6.45, 7) is 22.4. The molecule has 0 N–H and O–H groups in total. The summed E-state index contributed by atoms with van der Waals surface area (Å²) in [6.07, 6.45) is 15.2. The first-order chi connectivity index (χ1) is 16.0. The lowest BCUT2D eigenvalue weighted by atomic mass is 9.90. The van der Waals surface area contributed by atoms with Crippen LogP contribution in [0.25, 0.3) is 0 Å². The number of aliphatic imine (C=N–C) groups is 1. The molecule has 2 aliphatic heterocycles. The minimum Gasteiger partial charge on any atom is -0.470 e. The zero-order valence-corrected chi connectivity index (χ0v) is 22.8. The molecule has 0 amide bonds. The number of oxime groups is 1. The van der Waals surface area contributed by atoms with Crippen molar-refractivity contribution in [3.05, 3.63) is 24.9 Å². The molecule has 2 rings (SSSR count). The Hall–Kier alpha value is -1.62. The molecule has 0 saturated carbocycles. The molecule has 2 heterocycles. The van der Waals surface area contributed by atoms with Gasteiger partial charge in [-0.15, -0.1) is 0 Å². The largest absolute Gasteiger partial charge is 0.470 e. The van der Waals surface area contributed by atoms with E-state index in [1.165, 1.54) is 45.2 Å². The second-order valence-corrected chi connectivity index (χ2v) is 8.86. The van der Waals surface area contributed by atoms with Gasteiger partial charge in [-0.05, 0) is 64.1 Å². The van der Waals surface area contributed by atoms with Crippen molar-refractivity contribution in [3.63, 3.8) is 0 Å². The monoisotopic (exact) mass is 463 g/mol. The van der Waals surface area contributed by atoms with Crippen LogP contribution in [-0.4, -0.2) is 48.9 Å². The highest BCUT2D eigenvalue weighted by atomic mass is 16.7. The van der Waals surface area contributed by atoms with E-state index in [9.17, 15) is 0 Å². The number of hydrogen-bond donors (Lipinski definition) is 0. The van der Waals surface area contributed by atoms with Crippen molar-refractivity contribution in [2.75, 3.05) is 26.2 Å². The Balaban J connectivity index is 0.000000786. The minimum absolute atomic E-state index is 0.155. The Labute approximate surface area is 205 Å². The van der Waals surface area contributed by atoms with Gasteiger partial charge in [0.2, 0.25) is 5.90 Å². The molecule has 33 heavy (non-hydrogen) atoms. The van der Waals surface area contributed by atoms with Gasteiger partial charge in [0, 0.05) is 24.4 Å². The normalized spacial score (nSPS) is 20.8. The topological polar surface area (TPSA) is 46.4 Å². The van der Waals surface area contributed by atoms with Crippen LogP contribution in [0.3, 0.4) is 0 Å². The second-order valence-electron chi connectivity index (χ2n) is 8.86. The number of rotatable bonds is 11. The summed E-state index contributed by atoms with van der Waals surface area (Å²) >= 11 is 0. The van der Waals surface area contributed by atoms with Crippen molar-refractivity contribution >= 4 is 11.6 Å². The fourth-order valence-electron chi connectivity index (χ4n) is 3.77. The lowest BCUT2D eigenvalue weighted by Crippen LogP contribution is -2.43. The molecule has 0 aliphatic carbocycles. The molecular formula is C28H53N3O2. The van der Waals surface area contributed by atoms with Crippen LogP contribution in [0.5, 0.6) is 0 Å². The van der Waals surface area contributed by atoms with Crippen LogP contribution in [0.15, 0.2) is 35.1 Å². The van der Waals surface area contributed by atoms with Gasteiger partial charge in [-0.1, -0.05) is 78.6 Å². The first-order valence-corrected chi connectivity index (χ1v) is 13.4. The van der Waals surface area contributed by atoms with Crippen LogP contribution in [0.1, 0.15) is 99.8 Å². The van der Waals surface area contributed by atoms with E-state index >= 15 is 0 Å². The highest BCUT2D eigenvalue weighted by Gasteiger charge is 2.28. The van der Waals surface area contributed by atoms with Gasteiger partial charge in [-0.2, -0.15) is 0 Å². The first kappa shape index (κ1) is 31.4. The average molecular weight is 464 g/mol. The summed E-state index contributed by atoms with van der Waals surface area (Å²) < 4.78 is 6.23. The molecule has 0 aromatic heterocycles. The van der Waals surface area contributed by atoms with Crippen molar-refractivity contribution < 1.29 is 9.57 Å². The highest BCUT2D eigenvalue weighted by molar-refractivity contribution is 5.82. The fourth-order valence-corrected chi connectivity index (χ4v) is 3.77. The molecular weight excluding hydrogens is 410 g/mol. The molecule has 0 aromatic rings. The summed E-state index contributed by atoms with van der Waals surface area (Å²) in [7, 11) is 0. The van der Waals surface area contributed by atoms with E-state index in [1.807, 2.05) is 26.8 Å². The molecule has 2 aliphatic rings. The number of piperidine rings is 1. The maximum atomic E-state index is 6.23. The number of likely N-dealkylation sites (tertiary alicyclic amines) is 1. The molecule has 5 heteroatoms. The van der Waals surface area contributed by atoms with E-state index < -0.39 is 0 Å². The van der Waals surface area contributed by atoms with Gasteiger partial charge < -0.3 is 9.57 Å². The summed E-state index contributed by atoms with van der Waals surface area (Å²) in [5.74, 6) is 1.99. The van der Waals surface area contributed by atoms with E-state index in [2.05, 4.69) is 49.3 Å². The van der Waals surface area contributed by atoms with Gasteiger partial charge in [0.15, 0.2) is 6.61 Å². The van der Waals surface area contributed by atoms with Crippen LogP contribution >= 0.6 is 0 Å². The van der Waals surface area contributed by atoms with Crippen molar-refractivity contribution in [3.8, 4) is 0 Å². The number of hydrogen-bond acceptors (Lipinski definition) is 5. The van der Waals surface area contributed by atoms with E-state index in [0.29, 0.717) is 18.4 Å². The molecule has 1 fully saturated rings. The SMILES string of the molecule is C=C/C=C\N=C(C)CC.CC.CCCC(CC(C)CC)C1=NOCC(CN2CCCCC2)O1. The third kappa shape index (κ3) is 15.0. The number of nitrogens with zero attached hydrogens (tertiary/aromatic N) is 3. The van der Waals surface area contributed by atoms with E-state index in [1.54, 1.807) is 12.3 Å². The first-order valence-electron chi connectivity index (χ1n) is 13.4. The van der Waals surface area contributed by atoms with Crippen molar-refractivity contribution in [1.82, 2.24) is 4.90 Å². The van der Waals surface area contributed by atoms with E-state index in [0.717, 1.165) is 37.4 Å².